The molecule has 5 nitrogen and oxygen atoms in total. The number of hydrogen-bond donors (Lipinski definition) is 0. The molecular formula is C26H32F2N4O. The summed E-state index contributed by atoms with van der Waals surface area (Å²) >= 11 is 0. The first kappa shape index (κ1) is 22.3. The van der Waals surface area contributed by atoms with Crippen LogP contribution in [0.15, 0.2) is 42.5 Å². The predicted molar refractivity (Wildman–Crippen MR) is 126 cm³/mol. The van der Waals surface area contributed by atoms with Crippen molar-refractivity contribution >= 4 is 11.6 Å². The summed E-state index contributed by atoms with van der Waals surface area (Å²) in [6, 6.07) is 12.7. The van der Waals surface area contributed by atoms with Crippen molar-refractivity contribution in [2.75, 3.05) is 63.8 Å². The van der Waals surface area contributed by atoms with Gasteiger partial charge in [-0.3, -0.25) is 14.6 Å². The van der Waals surface area contributed by atoms with Crippen LogP contribution in [0.5, 0.6) is 0 Å². The minimum absolute atomic E-state index is 0.257. The fraction of sp³-hybridized carbons (Fsp3) is 0.500. The molecule has 0 N–H and O–H groups in total. The lowest BCUT2D eigenvalue weighted by Gasteiger charge is -2.43. The van der Waals surface area contributed by atoms with Gasteiger partial charge in [-0.2, -0.15) is 0 Å². The van der Waals surface area contributed by atoms with Crippen molar-refractivity contribution in [1.82, 2.24) is 14.7 Å². The van der Waals surface area contributed by atoms with Gasteiger partial charge in [0.1, 0.15) is 0 Å². The van der Waals surface area contributed by atoms with E-state index in [1.807, 2.05) is 29.2 Å². The molecule has 3 fully saturated rings. The third-order valence-electron chi connectivity index (χ3n) is 7.47. The van der Waals surface area contributed by atoms with Gasteiger partial charge in [-0.15, -0.1) is 0 Å². The zero-order valence-electron chi connectivity index (χ0n) is 19.1. The van der Waals surface area contributed by atoms with E-state index in [9.17, 15) is 13.6 Å². The SMILES string of the molecule is O=C(CN1CCN(c2ccc(-c3ccc(F)c(F)c3)cc2)CC1)N1CCN(C2CCC2)CC1. The molecule has 7 heteroatoms. The van der Waals surface area contributed by atoms with Crippen LogP contribution >= 0.6 is 0 Å². The van der Waals surface area contributed by atoms with E-state index < -0.39 is 11.6 Å². The number of hydrogen-bond acceptors (Lipinski definition) is 4. The van der Waals surface area contributed by atoms with Gasteiger partial charge in [0.25, 0.3) is 0 Å². The lowest BCUT2D eigenvalue weighted by atomic mass is 9.91. The van der Waals surface area contributed by atoms with Gasteiger partial charge in [0.05, 0.1) is 6.54 Å². The van der Waals surface area contributed by atoms with Crippen molar-refractivity contribution in [2.24, 2.45) is 0 Å². The minimum Gasteiger partial charge on any atom is -0.369 e. The van der Waals surface area contributed by atoms with Gasteiger partial charge in [0.2, 0.25) is 5.91 Å². The van der Waals surface area contributed by atoms with E-state index in [1.165, 1.54) is 25.3 Å². The highest BCUT2D eigenvalue weighted by molar-refractivity contribution is 5.78. The molecule has 2 aliphatic heterocycles. The summed E-state index contributed by atoms with van der Waals surface area (Å²) in [5, 5.41) is 0. The predicted octanol–water partition coefficient (Wildman–Crippen LogP) is 3.45. The van der Waals surface area contributed by atoms with Crippen molar-refractivity contribution in [2.45, 2.75) is 25.3 Å². The molecular weight excluding hydrogens is 422 g/mol. The fourth-order valence-electron chi connectivity index (χ4n) is 5.08. The molecule has 5 rings (SSSR count). The largest absolute Gasteiger partial charge is 0.369 e. The van der Waals surface area contributed by atoms with E-state index in [1.54, 1.807) is 6.07 Å². The summed E-state index contributed by atoms with van der Waals surface area (Å²) in [6.07, 6.45) is 4.01. The monoisotopic (exact) mass is 454 g/mol. The molecule has 1 aliphatic carbocycles. The molecule has 2 aromatic rings. The van der Waals surface area contributed by atoms with Crippen LogP contribution in [0.3, 0.4) is 0 Å². The molecule has 2 saturated heterocycles. The highest BCUT2D eigenvalue weighted by atomic mass is 19.2. The molecule has 0 bridgehead atoms. The van der Waals surface area contributed by atoms with Crippen LogP contribution in [-0.4, -0.2) is 85.6 Å². The number of carbonyl (C=O) groups is 1. The lowest BCUT2D eigenvalue weighted by molar-refractivity contribution is -0.134. The number of nitrogens with zero attached hydrogens (tertiary/aromatic N) is 4. The molecule has 2 heterocycles. The number of benzene rings is 2. The van der Waals surface area contributed by atoms with Crippen LogP contribution in [0.1, 0.15) is 19.3 Å². The Morgan fingerprint density at radius 3 is 2.06 bits per heavy atom. The van der Waals surface area contributed by atoms with Crippen LogP contribution in [0.2, 0.25) is 0 Å². The van der Waals surface area contributed by atoms with E-state index in [0.717, 1.165) is 75.7 Å². The summed E-state index contributed by atoms with van der Waals surface area (Å²) in [5.74, 6) is -1.40. The maximum Gasteiger partial charge on any atom is 0.236 e. The van der Waals surface area contributed by atoms with Gasteiger partial charge in [-0.1, -0.05) is 24.6 Å². The van der Waals surface area contributed by atoms with Crippen molar-refractivity contribution < 1.29 is 13.6 Å². The second kappa shape index (κ2) is 9.77. The number of amides is 1. The van der Waals surface area contributed by atoms with Gasteiger partial charge in [0, 0.05) is 64.1 Å². The molecule has 2 aromatic carbocycles. The van der Waals surface area contributed by atoms with Crippen LogP contribution < -0.4 is 4.90 Å². The number of piperazine rings is 2. The Morgan fingerprint density at radius 2 is 1.45 bits per heavy atom. The number of anilines is 1. The average Bonchev–Trinajstić information content (AvgIpc) is 2.81. The summed E-state index contributed by atoms with van der Waals surface area (Å²) in [5.41, 5.74) is 2.64. The summed E-state index contributed by atoms with van der Waals surface area (Å²) < 4.78 is 26.7. The molecule has 0 aromatic heterocycles. The standard InChI is InChI=1S/C26H32F2N4O/c27-24-9-6-21(18-25(24)28)20-4-7-23(8-5-20)30-12-10-29(11-13-30)19-26(33)32-16-14-31(15-17-32)22-2-1-3-22/h4-9,18,22H,1-3,10-17,19H2. The first-order chi connectivity index (χ1) is 16.1. The van der Waals surface area contributed by atoms with Crippen molar-refractivity contribution in [3.8, 4) is 11.1 Å². The molecule has 0 atom stereocenters. The first-order valence-corrected chi connectivity index (χ1v) is 12.1. The van der Waals surface area contributed by atoms with Crippen LogP contribution in [0.25, 0.3) is 11.1 Å². The van der Waals surface area contributed by atoms with Crippen molar-refractivity contribution in [1.29, 1.82) is 0 Å². The maximum absolute atomic E-state index is 13.5. The zero-order valence-corrected chi connectivity index (χ0v) is 19.1. The Labute approximate surface area is 194 Å². The Hall–Kier alpha value is -2.51. The molecule has 0 radical (unpaired) electrons. The third-order valence-corrected chi connectivity index (χ3v) is 7.47. The Bertz CT molecular complexity index is 963. The molecule has 176 valence electrons. The lowest BCUT2D eigenvalue weighted by Crippen LogP contribution is -2.56. The quantitative estimate of drug-likeness (QED) is 0.692. The Balaban J connectivity index is 1.09. The summed E-state index contributed by atoms with van der Waals surface area (Å²) in [6.45, 7) is 7.72. The smallest absolute Gasteiger partial charge is 0.236 e. The highest BCUT2D eigenvalue weighted by Gasteiger charge is 2.30. The Kier molecular flexibility index (Phi) is 6.60. The number of halogens is 2. The zero-order chi connectivity index (χ0) is 22.8. The van der Waals surface area contributed by atoms with Gasteiger partial charge in [-0.25, -0.2) is 8.78 Å². The third kappa shape index (κ3) is 5.04. The van der Waals surface area contributed by atoms with E-state index in [0.29, 0.717) is 12.1 Å². The second-order valence-electron chi connectivity index (χ2n) is 9.44. The van der Waals surface area contributed by atoms with Crippen LogP contribution in [0, 0.1) is 11.6 Å². The second-order valence-corrected chi connectivity index (χ2v) is 9.44. The normalized spacial score (nSPS) is 20.7. The molecule has 0 unspecified atom stereocenters. The maximum atomic E-state index is 13.5. The summed E-state index contributed by atoms with van der Waals surface area (Å²) in [4.78, 5) is 22.0. The molecule has 1 saturated carbocycles. The van der Waals surface area contributed by atoms with Crippen LogP contribution in [0.4, 0.5) is 14.5 Å². The van der Waals surface area contributed by atoms with E-state index in [2.05, 4.69) is 14.7 Å². The Morgan fingerprint density at radius 1 is 0.788 bits per heavy atom. The molecule has 33 heavy (non-hydrogen) atoms. The van der Waals surface area contributed by atoms with Gasteiger partial charge in [-0.05, 0) is 48.2 Å². The first-order valence-electron chi connectivity index (χ1n) is 12.1. The van der Waals surface area contributed by atoms with Gasteiger partial charge < -0.3 is 9.80 Å². The van der Waals surface area contributed by atoms with Crippen molar-refractivity contribution in [3.05, 3.63) is 54.1 Å². The van der Waals surface area contributed by atoms with Gasteiger partial charge >= 0.3 is 0 Å². The molecule has 0 spiro atoms. The van der Waals surface area contributed by atoms with E-state index in [4.69, 9.17) is 0 Å². The fourth-order valence-corrected chi connectivity index (χ4v) is 5.08. The number of carbonyl (C=O) groups excluding carboxylic acids is 1. The van der Waals surface area contributed by atoms with Crippen molar-refractivity contribution in [3.63, 3.8) is 0 Å². The molecule has 1 amide bonds. The summed E-state index contributed by atoms with van der Waals surface area (Å²) in [7, 11) is 0. The average molecular weight is 455 g/mol. The minimum atomic E-state index is -0.831. The highest BCUT2D eigenvalue weighted by Crippen LogP contribution is 2.26. The molecule has 3 aliphatic rings. The van der Waals surface area contributed by atoms with Crippen LogP contribution in [-0.2, 0) is 4.79 Å². The van der Waals surface area contributed by atoms with Gasteiger partial charge in [0.15, 0.2) is 11.6 Å². The van der Waals surface area contributed by atoms with E-state index >= 15 is 0 Å². The topological polar surface area (TPSA) is 30.0 Å². The number of rotatable bonds is 5. The van der Waals surface area contributed by atoms with E-state index in [-0.39, 0.29) is 5.91 Å².